The van der Waals surface area contributed by atoms with Crippen LogP contribution in [0.25, 0.3) is 0 Å². The molecule has 1 unspecified atom stereocenters. The van der Waals surface area contributed by atoms with E-state index in [1.165, 1.54) is 0 Å². The summed E-state index contributed by atoms with van der Waals surface area (Å²) in [6.45, 7) is 2.21. The van der Waals surface area contributed by atoms with E-state index in [2.05, 4.69) is 6.92 Å². The molecule has 1 rings (SSSR count). The van der Waals surface area contributed by atoms with Crippen molar-refractivity contribution in [2.45, 2.75) is 56.8 Å². The van der Waals surface area contributed by atoms with Crippen LogP contribution in [0.2, 0.25) is 0 Å². The van der Waals surface area contributed by atoms with Gasteiger partial charge in [0.25, 0.3) is 0 Å². The van der Waals surface area contributed by atoms with E-state index >= 15 is 0 Å². The Bertz CT molecular complexity index is 214. The van der Waals surface area contributed by atoms with E-state index in [0.717, 1.165) is 19.3 Å². The van der Waals surface area contributed by atoms with E-state index < -0.39 is 30.6 Å². The van der Waals surface area contributed by atoms with Crippen molar-refractivity contribution in [1.82, 2.24) is 0 Å². The highest BCUT2D eigenvalue weighted by atomic mass is 16.7. The SMILES string of the molecule is CCCCCOC1O[C@H](CO)[C@H](O)[C@H](O)[C@H]1N. The van der Waals surface area contributed by atoms with Gasteiger partial charge in [0.05, 0.1) is 12.6 Å². The lowest BCUT2D eigenvalue weighted by molar-refractivity contribution is -0.265. The van der Waals surface area contributed by atoms with E-state index in [1.807, 2.05) is 0 Å². The first-order valence-electron chi connectivity index (χ1n) is 6.11. The van der Waals surface area contributed by atoms with Crippen LogP contribution in [0.5, 0.6) is 0 Å². The summed E-state index contributed by atoms with van der Waals surface area (Å²) < 4.78 is 10.7. The van der Waals surface area contributed by atoms with Gasteiger partial charge in [-0.2, -0.15) is 0 Å². The Labute approximate surface area is 101 Å². The van der Waals surface area contributed by atoms with Gasteiger partial charge in [-0.1, -0.05) is 19.8 Å². The van der Waals surface area contributed by atoms with Crippen molar-refractivity contribution < 1.29 is 24.8 Å². The summed E-state index contributed by atoms with van der Waals surface area (Å²) in [5.74, 6) is 0. The van der Waals surface area contributed by atoms with Crippen LogP contribution in [0.3, 0.4) is 0 Å². The summed E-state index contributed by atoms with van der Waals surface area (Å²) in [5.41, 5.74) is 5.70. The molecule has 0 aromatic carbocycles. The molecule has 1 heterocycles. The smallest absolute Gasteiger partial charge is 0.175 e. The molecular weight excluding hydrogens is 226 g/mol. The van der Waals surface area contributed by atoms with Crippen molar-refractivity contribution in [2.75, 3.05) is 13.2 Å². The Balaban J connectivity index is 2.42. The predicted octanol–water partition coefficient (Wildman–Crippen LogP) is -1.04. The van der Waals surface area contributed by atoms with Gasteiger partial charge in [0.2, 0.25) is 0 Å². The summed E-state index contributed by atoms with van der Waals surface area (Å²) in [4.78, 5) is 0. The van der Waals surface area contributed by atoms with Crippen LogP contribution in [0.1, 0.15) is 26.2 Å². The molecule has 1 saturated heterocycles. The van der Waals surface area contributed by atoms with Gasteiger partial charge in [-0.05, 0) is 6.42 Å². The van der Waals surface area contributed by atoms with Gasteiger partial charge < -0.3 is 30.5 Å². The molecule has 0 saturated carbocycles. The van der Waals surface area contributed by atoms with E-state index in [-0.39, 0.29) is 6.61 Å². The van der Waals surface area contributed by atoms with E-state index in [1.54, 1.807) is 0 Å². The number of hydrogen-bond acceptors (Lipinski definition) is 6. The Kier molecular flexibility index (Phi) is 6.32. The summed E-state index contributed by atoms with van der Waals surface area (Å²) in [6, 6.07) is -0.797. The predicted molar refractivity (Wildman–Crippen MR) is 61.2 cm³/mol. The van der Waals surface area contributed by atoms with Gasteiger partial charge in [-0.25, -0.2) is 0 Å². The van der Waals surface area contributed by atoms with Gasteiger partial charge in [0, 0.05) is 6.61 Å². The fraction of sp³-hybridized carbons (Fsp3) is 1.00. The second kappa shape index (κ2) is 7.25. The summed E-state index contributed by atoms with van der Waals surface area (Å²) in [5, 5.41) is 28.2. The van der Waals surface area contributed by atoms with Crippen LogP contribution in [0, 0.1) is 0 Å². The maximum atomic E-state index is 9.67. The Morgan fingerprint density at radius 3 is 2.53 bits per heavy atom. The molecule has 1 fully saturated rings. The van der Waals surface area contributed by atoms with E-state index in [9.17, 15) is 10.2 Å². The summed E-state index contributed by atoms with van der Waals surface area (Å²) >= 11 is 0. The van der Waals surface area contributed by atoms with Crippen LogP contribution in [0.15, 0.2) is 0 Å². The zero-order chi connectivity index (χ0) is 12.8. The Hall–Kier alpha value is -0.240. The minimum Gasteiger partial charge on any atom is -0.394 e. The molecule has 0 aliphatic carbocycles. The maximum absolute atomic E-state index is 9.67. The zero-order valence-corrected chi connectivity index (χ0v) is 10.2. The number of aliphatic hydroxyl groups excluding tert-OH is 3. The lowest BCUT2D eigenvalue weighted by Gasteiger charge is -2.40. The highest BCUT2D eigenvalue weighted by Gasteiger charge is 2.42. The number of ether oxygens (including phenoxy) is 2. The van der Waals surface area contributed by atoms with Gasteiger partial charge in [-0.3, -0.25) is 0 Å². The average molecular weight is 249 g/mol. The monoisotopic (exact) mass is 249 g/mol. The second-order valence-corrected chi connectivity index (χ2v) is 4.36. The van der Waals surface area contributed by atoms with Gasteiger partial charge >= 0.3 is 0 Å². The molecule has 1 aliphatic heterocycles. The van der Waals surface area contributed by atoms with Gasteiger partial charge in [0.15, 0.2) is 6.29 Å². The molecule has 102 valence electrons. The molecule has 0 radical (unpaired) electrons. The lowest BCUT2D eigenvalue weighted by Crippen LogP contribution is -2.62. The number of rotatable bonds is 6. The molecule has 1 aliphatic rings. The zero-order valence-electron chi connectivity index (χ0n) is 10.2. The third kappa shape index (κ3) is 3.87. The first kappa shape index (κ1) is 14.8. The van der Waals surface area contributed by atoms with E-state index in [4.69, 9.17) is 20.3 Å². The fourth-order valence-electron chi connectivity index (χ4n) is 1.81. The molecule has 5 N–H and O–H groups in total. The molecule has 5 atom stereocenters. The third-order valence-electron chi connectivity index (χ3n) is 2.96. The standard InChI is InChI=1S/C11H23NO5/c1-2-3-4-5-16-11-8(12)10(15)9(14)7(6-13)17-11/h7-11,13-15H,2-6,12H2,1H3/t7-,8-,9+,10-,11?/m1/s1. The third-order valence-corrected chi connectivity index (χ3v) is 2.96. The normalized spacial score (nSPS) is 38.3. The van der Waals surface area contributed by atoms with Crippen LogP contribution < -0.4 is 5.73 Å². The van der Waals surface area contributed by atoms with Crippen molar-refractivity contribution in [3.63, 3.8) is 0 Å². The number of hydrogen-bond donors (Lipinski definition) is 4. The average Bonchev–Trinajstić information content (AvgIpc) is 2.34. The summed E-state index contributed by atoms with van der Waals surface area (Å²) in [6.07, 6.45) is -0.908. The maximum Gasteiger partial charge on any atom is 0.175 e. The van der Waals surface area contributed by atoms with Gasteiger partial charge in [-0.15, -0.1) is 0 Å². The van der Waals surface area contributed by atoms with Crippen molar-refractivity contribution in [3.05, 3.63) is 0 Å². The molecule has 6 nitrogen and oxygen atoms in total. The minimum absolute atomic E-state index is 0.375. The first-order valence-corrected chi connectivity index (χ1v) is 6.11. The van der Waals surface area contributed by atoms with Crippen molar-refractivity contribution in [2.24, 2.45) is 5.73 Å². The molecule has 17 heavy (non-hydrogen) atoms. The molecule has 0 spiro atoms. The van der Waals surface area contributed by atoms with Crippen LogP contribution >= 0.6 is 0 Å². The fourth-order valence-corrected chi connectivity index (χ4v) is 1.81. The molecular formula is C11H23NO5. The molecule has 6 heteroatoms. The van der Waals surface area contributed by atoms with Crippen molar-refractivity contribution in [3.8, 4) is 0 Å². The Morgan fingerprint density at radius 2 is 1.94 bits per heavy atom. The molecule has 0 amide bonds. The lowest BCUT2D eigenvalue weighted by atomic mass is 9.98. The van der Waals surface area contributed by atoms with Gasteiger partial charge in [0.1, 0.15) is 18.3 Å². The quantitative estimate of drug-likeness (QED) is 0.448. The summed E-state index contributed by atoms with van der Waals surface area (Å²) in [7, 11) is 0. The largest absolute Gasteiger partial charge is 0.394 e. The Morgan fingerprint density at radius 1 is 1.24 bits per heavy atom. The molecule has 0 aromatic heterocycles. The number of aliphatic hydroxyl groups is 3. The highest BCUT2D eigenvalue weighted by Crippen LogP contribution is 2.20. The van der Waals surface area contributed by atoms with E-state index in [0.29, 0.717) is 6.61 Å². The van der Waals surface area contributed by atoms with Crippen molar-refractivity contribution in [1.29, 1.82) is 0 Å². The minimum atomic E-state index is -1.18. The van der Waals surface area contributed by atoms with Crippen LogP contribution in [-0.2, 0) is 9.47 Å². The molecule has 0 bridgehead atoms. The highest BCUT2D eigenvalue weighted by molar-refractivity contribution is 4.91. The molecule has 0 aromatic rings. The van der Waals surface area contributed by atoms with Crippen LogP contribution in [0.4, 0.5) is 0 Å². The number of nitrogens with two attached hydrogens (primary N) is 1. The second-order valence-electron chi connectivity index (χ2n) is 4.36. The first-order chi connectivity index (χ1) is 8.11. The number of unbranched alkanes of at least 4 members (excludes halogenated alkanes) is 2. The van der Waals surface area contributed by atoms with Crippen molar-refractivity contribution >= 4 is 0 Å². The van der Waals surface area contributed by atoms with Crippen LogP contribution in [-0.4, -0.2) is 59.2 Å². The topological polar surface area (TPSA) is 105 Å².